The van der Waals surface area contributed by atoms with E-state index in [0.717, 1.165) is 11.8 Å². The lowest BCUT2D eigenvalue weighted by molar-refractivity contribution is 0.0651. The van der Waals surface area contributed by atoms with Crippen molar-refractivity contribution in [3.63, 3.8) is 0 Å². The van der Waals surface area contributed by atoms with Gasteiger partial charge in [0.2, 0.25) is 0 Å². The zero-order chi connectivity index (χ0) is 24.5. The van der Waals surface area contributed by atoms with Crippen LogP contribution in [0.15, 0.2) is 30.5 Å². The van der Waals surface area contributed by atoms with Crippen molar-refractivity contribution in [1.82, 2.24) is 10.2 Å². The molecule has 1 aliphatic heterocycles. The highest BCUT2D eigenvalue weighted by Gasteiger charge is 2.39. The van der Waals surface area contributed by atoms with Crippen LogP contribution in [0.25, 0.3) is 5.57 Å². The fourth-order valence-electron chi connectivity index (χ4n) is 4.54. The zero-order valence-electron chi connectivity index (χ0n) is 19.7. The molecule has 0 aromatic heterocycles. The van der Waals surface area contributed by atoms with Crippen LogP contribution in [-0.2, 0) is 6.42 Å². The molecule has 2 atom stereocenters. The third kappa shape index (κ3) is 5.29. The number of rotatable bonds is 7. The lowest BCUT2D eigenvalue weighted by atomic mass is 9.82. The van der Waals surface area contributed by atoms with Gasteiger partial charge in [-0.05, 0) is 82.0 Å². The second-order valence-electron chi connectivity index (χ2n) is 9.32. The number of hydrogen-bond donors (Lipinski definition) is 2. The molecule has 0 bridgehead atoms. The molecule has 2 N–H and O–H groups in total. The van der Waals surface area contributed by atoms with Crippen LogP contribution in [0.2, 0.25) is 0 Å². The minimum atomic E-state index is -1.62. The summed E-state index contributed by atoms with van der Waals surface area (Å²) in [5, 5.41) is 10.7. The lowest BCUT2D eigenvalue weighted by Gasteiger charge is -2.44. The first kappa shape index (κ1) is 25.0. The smallest absolute Gasteiger partial charge is 0.131 e. The molecule has 1 heterocycles. The van der Waals surface area contributed by atoms with E-state index in [9.17, 15) is 4.39 Å². The number of halogens is 4. The summed E-state index contributed by atoms with van der Waals surface area (Å²) in [7, 11) is 0. The Kier molecular flexibility index (Phi) is 7.32. The van der Waals surface area contributed by atoms with E-state index < -0.39 is 29.2 Å². The number of hydrogen-bond acceptors (Lipinski definition) is 3. The van der Waals surface area contributed by atoms with Gasteiger partial charge in [0.15, 0.2) is 0 Å². The van der Waals surface area contributed by atoms with Gasteiger partial charge in [-0.2, -0.15) is 0 Å². The zero-order valence-corrected chi connectivity index (χ0v) is 19.7. The van der Waals surface area contributed by atoms with Crippen LogP contribution in [0, 0.1) is 29.8 Å². The molecule has 0 amide bonds. The molecule has 2 aromatic rings. The monoisotopic (exact) mass is 461 g/mol. The molecule has 0 fully saturated rings. The molecule has 7 heteroatoms. The maximum Gasteiger partial charge on any atom is 0.131 e. The van der Waals surface area contributed by atoms with Crippen LogP contribution >= 0.6 is 0 Å². The average molecular weight is 462 g/mol. The summed E-state index contributed by atoms with van der Waals surface area (Å²) in [6, 6.07) is 4.17. The molecule has 2 unspecified atom stereocenters. The van der Waals surface area contributed by atoms with Crippen molar-refractivity contribution in [3.8, 4) is 0 Å². The molecule has 0 aliphatic carbocycles. The Labute approximate surface area is 193 Å². The van der Waals surface area contributed by atoms with Gasteiger partial charge in [-0.25, -0.2) is 17.6 Å². The van der Waals surface area contributed by atoms with Crippen molar-refractivity contribution in [2.24, 2.45) is 0 Å². The lowest BCUT2D eigenvalue weighted by Crippen LogP contribution is -2.48. The number of benzene rings is 2. The number of nitrogens with zero attached hydrogens (tertiary/aromatic N) is 1. The van der Waals surface area contributed by atoms with Gasteiger partial charge < -0.3 is 10.7 Å². The standard InChI is InChI=1S/C26H31F4N3/c1-6-32-13-18(12-31)19-10-17-9-16(3)33(14-26(4,5)30)25(20(17)11-21(19)27)24-22(28)7-15(2)8-23(24)29/h7-8,10-13,16,25,31-32H,6,9,14H2,1-5H3/b18-13+,31-12?. The highest BCUT2D eigenvalue weighted by Crippen LogP contribution is 2.42. The molecule has 2 aromatic carbocycles. The Morgan fingerprint density at radius 2 is 1.79 bits per heavy atom. The van der Waals surface area contributed by atoms with Crippen molar-refractivity contribution in [1.29, 1.82) is 5.41 Å². The molecule has 0 radical (unpaired) electrons. The summed E-state index contributed by atoms with van der Waals surface area (Å²) in [5.41, 5.74) is 0.331. The van der Waals surface area contributed by atoms with Gasteiger partial charge in [0.1, 0.15) is 23.1 Å². The summed E-state index contributed by atoms with van der Waals surface area (Å²) in [6.07, 6.45) is 3.09. The summed E-state index contributed by atoms with van der Waals surface area (Å²) in [6.45, 7) is 8.74. The number of aryl methyl sites for hydroxylation is 1. The van der Waals surface area contributed by atoms with Crippen molar-refractivity contribution in [2.45, 2.75) is 58.8 Å². The maximum atomic E-state index is 15.3. The topological polar surface area (TPSA) is 39.1 Å². The van der Waals surface area contributed by atoms with E-state index in [1.54, 1.807) is 24.1 Å². The van der Waals surface area contributed by atoms with Gasteiger partial charge in [-0.15, -0.1) is 0 Å². The van der Waals surface area contributed by atoms with Crippen LogP contribution in [0.5, 0.6) is 0 Å². The molecular formula is C26H31F4N3. The second-order valence-corrected chi connectivity index (χ2v) is 9.32. The van der Waals surface area contributed by atoms with Crippen LogP contribution in [0.4, 0.5) is 17.6 Å². The molecule has 178 valence electrons. The summed E-state index contributed by atoms with van der Waals surface area (Å²) in [5.74, 6) is -2.08. The van der Waals surface area contributed by atoms with E-state index in [2.05, 4.69) is 5.32 Å². The molecule has 0 spiro atoms. The Morgan fingerprint density at radius 3 is 2.33 bits per heavy atom. The summed E-state index contributed by atoms with van der Waals surface area (Å²) < 4.78 is 60.3. The predicted octanol–water partition coefficient (Wildman–Crippen LogP) is 6.10. The van der Waals surface area contributed by atoms with Gasteiger partial charge in [0, 0.05) is 48.2 Å². The number of fused-ring (bicyclic) bond motifs is 1. The Hall–Kier alpha value is -2.67. The first-order valence-corrected chi connectivity index (χ1v) is 11.1. The fourth-order valence-corrected chi connectivity index (χ4v) is 4.54. The maximum absolute atomic E-state index is 15.3. The molecule has 1 aliphatic rings. The minimum absolute atomic E-state index is 0.0690. The fraction of sp³-hybridized carbons (Fsp3) is 0.423. The summed E-state index contributed by atoms with van der Waals surface area (Å²) in [4.78, 5) is 1.71. The van der Waals surface area contributed by atoms with E-state index in [0.29, 0.717) is 29.7 Å². The van der Waals surface area contributed by atoms with Crippen LogP contribution in [-0.4, -0.2) is 35.9 Å². The molecule has 33 heavy (non-hydrogen) atoms. The minimum Gasteiger partial charge on any atom is -0.391 e. The first-order valence-electron chi connectivity index (χ1n) is 11.1. The summed E-state index contributed by atoms with van der Waals surface area (Å²) >= 11 is 0. The molecule has 0 saturated heterocycles. The highest BCUT2D eigenvalue weighted by atomic mass is 19.1. The molecular weight excluding hydrogens is 430 g/mol. The Balaban J connectivity index is 2.25. The van der Waals surface area contributed by atoms with Gasteiger partial charge in [-0.3, -0.25) is 4.90 Å². The van der Waals surface area contributed by atoms with Gasteiger partial charge >= 0.3 is 0 Å². The largest absolute Gasteiger partial charge is 0.391 e. The van der Waals surface area contributed by atoms with Gasteiger partial charge in [0.05, 0.1) is 6.04 Å². The van der Waals surface area contributed by atoms with Crippen LogP contribution in [0.3, 0.4) is 0 Å². The molecule has 0 saturated carbocycles. The van der Waals surface area contributed by atoms with Crippen molar-refractivity contribution < 1.29 is 17.6 Å². The van der Waals surface area contributed by atoms with E-state index in [1.165, 1.54) is 32.0 Å². The normalized spacial score (nSPS) is 19.4. The highest BCUT2D eigenvalue weighted by molar-refractivity contribution is 6.08. The van der Waals surface area contributed by atoms with Crippen molar-refractivity contribution >= 4 is 11.8 Å². The van der Waals surface area contributed by atoms with Gasteiger partial charge in [-0.1, -0.05) is 0 Å². The Bertz CT molecular complexity index is 1050. The van der Waals surface area contributed by atoms with Gasteiger partial charge in [0.25, 0.3) is 0 Å². The number of nitrogens with one attached hydrogen (secondary N) is 2. The quantitative estimate of drug-likeness (QED) is 0.387. The van der Waals surface area contributed by atoms with E-state index >= 15 is 13.2 Å². The molecule has 3 nitrogen and oxygen atoms in total. The second kappa shape index (κ2) is 9.67. The average Bonchev–Trinajstić information content (AvgIpc) is 2.70. The van der Waals surface area contributed by atoms with Crippen molar-refractivity contribution in [2.75, 3.05) is 13.1 Å². The number of alkyl halides is 1. The SMILES string of the molecule is CCN/C=C(\C=N)c1cc2c(cc1F)C(c1c(F)cc(C)cc1F)N(CC(C)(C)F)C(C)C2. The predicted molar refractivity (Wildman–Crippen MR) is 125 cm³/mol. The van der Waals surface area contributed by atoms with Crippen molar-refractivity contribution in [3.05, 3.63) is 75.7 Å². The van der Waals surface area contributed by atoms with Crippen LogP contribution in [0.1, 0.15) is 61.6 Å². The first-order chi connectivity index (χ1) is 15.5. The van der Waals surface area contributed by atoms with E-state index in [1.807, 2.05) is 13.8 Å². The third-order valence-electron chi connectivity index (χ3n) is 5.92. The molecule has 3 rings (SSSR count). The third-order valence-corrected chi connectivity index (χ3v) is 5.92. The van der Waals surface area contributed by atoms with Crippen LogP contribution < -0.4 is 5.32 Å². The Morgan fingerprint density at radius 1 is 1.15 bits per heavy atom. The number of allylic oxidation sites excluding steroid dienone is 1. The van der Waals surface area contributed by atoms with E-state index in [-0.39, 0.29) is 23.7 Å². The van der Waals surface area contributed by atoms with E-state index in [4.69, 9.17) is 5.41 Å².